The highest BCUT2D eigenvalue weighted by molar-refractivity contribution is 5.87. The van der Waals surface area contributed by atoms with E-state index in [1.54, 1.807) is 24.1 Å². The minimum atomic E-state index is -1.19. The van der Waals surface area contributed by atoms with Crippen LogP contribution in [-0.2, 0) is 16.0 Å². The number of aliphatic hydroxyl groups is 1. The second-order valence-electron chi connectivity index (χ2n) is 9.46. The summed E-state index contributed by atoms with van der Waals surface area (Å²) >= 11 is 0. The Hall–Kier alpha value is -3.94. The molecule has 2 unspecified atom stereocenters. The van der Waals surface area contributed by atoms with Crippen LogP contribution in [0.15, 0.2) is 42.5 Å². The van der Waals surface area contributed by atoms with Gasteiger partial charge in [0.25, 0.3) is 0 Å². The van der Waals surface area contributed by atoms with Crippen molar-refractivity contribution in [2.75, 3.05) is 20.2 Å². The van der Waals surface area contributed by atoms with Crippen molar-refractivity contribution in [3.63, 3.8) is 0 Å². The number of rotatable bonds is 7. The van der Waals surface area contributed by atoms with E-state index in [2.05, 4.69) is 21.7 Å². The summed E-state index contributed by atoms with van der Waals surface area (Å²) in [5.74, 6) is -0.726. The largest absolute Gasteiger partial charge is 0.496 e. The van der Waals surface area contributed by atoms with E-state index in [4.69, 9.17) is 4.74 Å². The minimum Gasteiger partial charge on any atom is -0.496 e. The van der Waals surface area contributed by atoms with E-state index >= 15 is 0 Å². The molecule has 3 heterocycles. The smallest absolute Gasteiger partial charge is 0.243 e. The molecule has 37 heavy (non-hydrogen) atoms. The maximum Gasteiger partial charge on any atom is 0.243 e. The average molecular weight is 506 g/mol. The van der Waals surface area contributed by atoms with Crippen LogP contribution in [0, 0.1) is 23.1 Å². The van der Waals surface area contributed by atoms with E-state index in [-0.39, 0.29) is 24.8 Å². The van der Waals surface area contributed by atoms with Crippen molar-refractivity contribution < 1.29 is 23.8 Å². The van der Waals surface area contributed by atoms with Crippen LogP contribution >= 0.6 is 0 Å². The standard InChI is InChI=1S/C27H28FN5O4/c1-37-23-4-2-3-21-20(23)13-22(32-21)27(36)33-10-8-15-11-17(28)5-6-19(15)24(33)26(35)31-18(14-29)12-16-7-9-30-25(16)34/h2-6,11,13,16,18,24,27,32,36H,7-10,12H2,1H3,(H,30,34)(H,31,35)/t16-,18-,24?,27?/m0/s1. The van der Waals surface area contributed by atoms with Gasteiger partial charge in [-0.2, -0.15) is 5.26 Å². The second kappa shape index (κ2) is 10.2. The zero-order valence-electron chi connectivity index (χ0n) is 20.3. The number of aromatic nitrogens is 1. The molecule has 1 saturated heterocycles. The van der Waals surface area contributed by atoms with Gasteiger partial charge in [0.15, 0.2) is 0 Å². The lowest BCUT2D eigenvalue weighted by Gasteiger charge is -2.39. The fourth-order valence-electron chi connectivity index (χ4n) is 5.36. The Kier molecular flexibility index (Phi) is 6.82. The molecule has 0 bridgehead atoms. The first-order valence-corrected chi connectivity index (χ1v) is 12.2. The summed E-state index contributed by atoms with van der Waals surface area (Å²) in [5, 5.41) is 27.5. The Balaban J connectivity index is 1.46. The lowest BCUT2D eigenvalue weighted by Crippen LogP contribution is -2.48. The van der Waals surface area contributed by atoms with E-state index in [0.717, 1.165) is 10.9 Å². The molecule has 2 aromatic carbocycles. The third kappa shape index (κ3) is 4.75. The van der Waals surface area contributed by atoms with Crippen LogP contribution in [-0.4, -0.2) is 53.0 Å². The number of methoxy groups -OCH3 is 1. The number of halogens is 1. The lowest BCUT2D eigenvalue weighted by atomic mass is 9.90. The molecule has 2 aliphatic rings. The van der Waals surface area contributed by atoms with E-state index in [1.165, 1.54) is 12.1 Å². The van der Waals surface area contributed by atoms with E-state index in [9.17, 15) is 24.3 Å². The van der Waals surface area contributed by atoms with Gasteiger partial charge in [-0.05, 0) is 60.7 Å². The third-order valence-electron chi connectivity index (χ3n) is 7.23. The van der Waals surface area contributed by atoms with Gasteiger partial charge in [-0.3, -0.25) is 14.5 Å². The van der Waals surface area contributed by atoms with Crippen LogP contribution in [0.2, 0.25) is 0 Å². The number of carbonyl (C=O) groups excluding carboxylic acids is 2. The number of benzene rings is 2. The first kappa shape index (κ1) is 24.7. The van der Waals surface area contributed by atoms with E-state index < -0.39 is 30.0 Å². The van der Waals surface area contributed by atoms with Gasteiger partial charge >= 0.3 is 0 Å². The molecule has 192 valence electrons. The van der Waals surface area contributed by atoms with Crippen LogP contribution in [0.25, 0.3) is 10.9 Å². The molecule has 0 saturated carbocycles. The van der Waals surface area contributed by atoms with Gasteiger partial charge in [0.1, 0.15) is 29.9 Å². The summed E-state index contributed by atoms with van der Waals surface area (Å²) in [7, 11) is 1.57. The molecular weight excluding hydrogens is 477 g/mol. The van der Waals surface area contributed by atoms with Crippen LogP contribution in [0.5, 0.6) is 5.75 Å². The Morgan fingerprint density at radius 3 is 2.92 bits per heavy atom. The van der Waals surface area contributed by atoms with E-state index in [1.807, 2.05) is 18.2 Å². The van der Waals surface area contributed by atoms with Gasteiger partial charge in [0, 0.05) is 29.9 Å². The molecule has 0 radical (unpaired) electrons. The molecule has 0 aliphatic carbocycles. The normalized spacial score (nSPS) is 21.1. The molecule has 5 rings (SSSR count). The Bertz CT molecular complexity index is 1380. The van der Waals surface area contributed by atoms with Crippen LogP contribution in [0.3, 0.4) is 0 Å². The molecule has 10 heteroatoms. The predicted molar refractivity (Wildman–Crippen MR) is 133 cm³/mol. The molecule has 4 N–H and O–H groups in total. The number of nitrogens with one attached hydrogen (secondary N) is 3. The second-order valence-corrected chi connectivity index (χ2v) is 9.46. The maximum atomic E-state index is 14.0. The SMILES string of the molecule is COc1cccc2[nH]c(C(O)N3CCc4cc(F)ccc4C3C(=O)N[C@H](C#N)C[C@@H]3CCNC3=O)cc12. The number of hydrogen-bond donors (Lipinski definition) is 4. The number of ether oxygens (including phenoxy) is 1. The first-order chi connectivity index (χ1) is 17.9. The predicted octanol–water partition coefficient (Wildman–Crippen LogP) is 2.44. The van der Waals surface area contributed by atoms with Crippen LogP contribution in [0.4, 0.5) is 4.39 Å². The van der Waals surface area contributed by atoms with Crippen molar-refractivity contribution >= 4 is 22.7 Å². The lowest BCUT2D eigenvalue weighted by molar-refractivity contribution is -0.134. The molecule has 2 aliphatic heterocycles. The molecule has 1 fully saturated rings. The van der Waals surface area contributed by atoms with Crippen molar-refractivity contribution in [3.8, 4) is 11.8 Å². The molecule has 9 nitrogen and oxygen atoms in total. The molecule has 3 aromatic rings. The minimum absolute atomic E-state index is 0.126. The summed E-state index contributed by atoms with van der Waals surface area (Å²) in [6.07, 6.45) is 0.0443. The molecule has 2 amide bonds. The molecule has 0 spiro atoms. The number of hydrogen-bond acceptors (Lipinski definition) is 6. The van der Waals surface area contributed by atoms with Gasteiger partial charge < -0.3 is 25.5 Å². The third-order valence-corrected chi connectivity index (χ3v) is 7.23. The number of amides is 2. The zero-order valence-corrected chi connectivity index (χ0v) is 20.3. The zero-order chi connectivity index (χ0) is 26.1. The van der Waals surface area contributed by atoms with E-state index in [0.29, 0.717) is 42.0 Å². The summed E-state index contributed by atoms with van der Waals surface area (Å²) in [4.78, 5) is 30.5. The van der Waals surface area contributed by atoms with Gasteiger partial charge in [-0.25, -0.2) is 4.39 Å². The molecular formula is C27H28FN5O4. The van der Waals surface area contributed by atoms with Crippen LogP contribution < -0.4 is 15.4 Å². The highest BCUT2D eigenvalue weighted by Crippen LogP contribution is 2.37. The van der Waals surface area contributed by atoms with Crippen LogP contribution in [0.1, 0.15) is 41.9 Å². The maximum absolute atomic E-state index is 14.0. The van der Waals surface area contributed by atoms with Crippen molar-refractivity contribution in [1.82, 2.24) is 20.5 Å². The Labute approximate surface area is 213 Å². The topological polar surface area (TPSA) is 130 Å². The monoisotopic (exact) mass is 505 g/mol. The summed E-state index contributed by atoms with van der Waals surface area (Å²) in [5.41, 5.74) is 2.48. The first-order valence-electron chi connectivity index (χ1n) is 12.2. The number of nitriles is 1. The highest BCUT2D eigenvalue weighted by atomic mass is 19.1. The Morgan fingerprint density at radius 1 is 1.35 bits per heavy atom. The Morgan fingerprint density at radius 2 is 2.19 bits per heavy atom. The van der Waals surface area contributed by atoms with Crippen molar-refractivity contribution in [3.05, 3.63) is 65.1 Å². The number of aliphatic hydroxyl groups excluding tert-OH is 1. The van der Waals surface area contributed by atoms with Gasteiger partial charge in [0.05, 0.1) is 18.9 Å². The van der Waals surface area contributed by atoms with Crippen molar-refractivity contribution in [2.45, 2.75) is 37.6 Å². The van der Waals surface area contributed by atoms with Crippen molar-refractivity contribution in [2.24, 2.45) is 5.92 Å². The quantitative estimate of drug-likeness (QED) is 0.390. The fraction of sp³-hybridized carbons (Fsp3) is 0.370. The number of carbonyl (C=O) groups is 2. The highest BCUT2D eigenvalue weighted by Gasteiger charge is 2.39. The molecule has 1 aromatic heterocycles. The number of aromatic amines is 1. The fourth-order valence-corrected chi connectivity index (χ4v) is 5.36. The number of nitrogens with zero attached hydrogens (tertiary/aromatic N) is 2. The van der Waals surface area contributed by atoms with Gasteiger partial charge in [0.2, 0.25) is 11.8 Å². The molecule has 4 atom stereocenters. The number of H-pyrrole nitrogens is 1. The summed E-state index contributed by atoms with van der Waals surface area (Å²) in [6.45, 7) is 0.830. The van der Waals surface area contributed by atoms with Gasteiger partial charge in [-0.15, -0.1) is 0 Å². The summed E-state index contributed by atoms with van der Waals surface area (Å²) < 4.78 is 19.4. The van der Waals surface area contributed by atoms with Crippen molar-refractivity contribution in [1.29, 1.82) is 5.26 Å². The van der Waals surface area contributed by atoms with Gasteiger partial charge in [-0.1, -0.05) is 12.1 Å². The number of fused-ring (bicyclic) bond motifs is 2. The summed E-state index contributed by atoms with van der Waals surface area (Å²) in [6, 6.07) is 11.8. The average Bonchev–Trinajstić information content (AvgIpc) is 3.52.